The molecule has 1 aromatic heterocycles. The summed E-state index contributed by atoms with van der Waals surface area (Å²) in [5, 5.41) is 4.07. The lowest BCUT2D eigenvalue weighted by Gasteiger charge is -2.05. The van der Waals surface area contributed by atoms with Crippen molar-refractivity contribution in [1.82, 2.24) is 9.88 Å². The van der Waals surface area contributed by atoms with Gasteiger partial charge in [0.2, 0.25) is 5.91 Å². The minimum Gasteiger partial charge on any atom is -0.351 e. The molecule has 2 rings (SSSR count). The minimum absolute atomic E-state index is 0.0380. The SMILES string of the molecule is C/C=C/C(=O)NCCn1ccc2ccccc21. The van der Waals surface area contributed by atoms with Crippen LogP contribution in [0.1, 0.15) is 6.92 Å². The van der Waals surface area contributed by atoms with Gasteiger partial charge in [-0.05, 0) is 30.5 Å². The fraction of sp³-hybridized carbons (Fsp3) is 0.214. The first-order chi connectivity index (χ1) is 8.31. The molecule has 1 N–H and O–H groups in total. The van der Waals surface area contributed by atoms with Crippen molar-refractivity contribution in [2.75, 3.05) is 6.54 Å². The second kappa shape index (κ2) is 5.34. The summed E-state index contributed by atoms with van der Waals surface area (Å²) in [6.45, 7) is 3.26. The summed E-state index contributed by atoms with van der Waals surface area (Å²) in [6.07, 6.45) is 5.32. The first-order valence-electron chi connectivity index (χ1n) is 5.75. The number of nitrogens with one attached hydrogen (secondary N) is 1. The third-order valence-corrected chi connectivity index (χ3v) is 2.65. The van der Waals surface area contributed by atoms with Crippen molar-refractivity contribution >= 4 is 16.8 Å². The van der Waals surface area contributed by atoms with Crippen molar-refractivity contribution < 1.29 is 4.79 Å². The topological polar surface area (TPSA) is 34.0 Å². The molecule has 1 heterocycles. The molecule has 2 aromatic rings. The van der Waals surface area contributed by atoms with E-state index in [1.165, 1.54) is 17.0 Å². The molecule has 0 bridgehead atoms. The Balaban J connectivity index is 1.97. The van der Waals surface area contributed by atoms with Crippen molar-refractivity contribution in [3.63, 3.8) is 0 Å². The third kappa shape index (κ3) is 2.75. The molecule has 0 radical (unpaired) electrons. The monoisotopic (exact) mass is 228 g/mol. The highest BCUT2D eigenvalue weighted by Crippen LogP contribution is 2.14. The smallest absolute Gasteiger partial charge is 0.243 e. The lowest BCUT2D eigenvalue weighted by molar-refractivity contribution is -0.116. The average molecular weight is 228 g/mol. The molecule has 0 spiro atoms. The Morgan fingerprint density at radius 1 is 1.35 bits per heavy atom. The molecule has 17 heavy (non-hydrogen) atoms. The normalized spacial score (nSPS) is 11.1. The molecule has 0 saturated heterocycles. The zero-order valence-electron chi connectivity index (χ0n) is 9.89. The summed E-state index contributed by atoms with van der Waals surface area (Å²) >= 11 is 0. The van der Waals surface area contributed by atoms with Crippen molar-refractivity contribution in [2.45, 2.75) is 13.5 Å². The molecular weight excluding hydrogens is 212 g/mol. The molecular formula is C14H16N2O. The van der Waals surface area contributed by atoms with E-state index < -0.39 is 0 Å². The van der Waals surface area contributed by atoms with E-state index in [1.807, 2.05) is 25.3 Å². The molecule has 0 fully saturated rings. The van der Waals surface area contributed by atoms with Gasteiger partial charge in [0.1, 0.15) is 0 Å². The number of aromatic nitrogens is 1. The maximum atomic E-state index is 11.2. The maximum absolute atomic E-state index is 11.2. The van der Waals surface area contributed by atoms with Gasteiger partial charge in [0.25, 0.3) is 0 Å². The Labute approximate surface area is 101 Å². The quantitative estimate of drug-likeness (QED) is 0.801. The van der Waals surface area contributed by atoms with E-state index in [2.05, 4.69) is 28.1 Å². The summed E-state index contributed by atoms with van der Waals surface area (Å²) in [4.78, 5) is 11.2. The Kier molecular flexibility index (Phi) is 3.60. The summed E-state index contributed by atoms with van der Waals surface area (Å²) in [6, 6.07) is 10.3. The highest BCUT2D eigenvalue weighted by atomic mass is 16.1. The number of hydrogen-bond donors (Lipinski definition) is 1. The lowest BCUT2D eigenvalue weighted by Crippen LogP contribution is -2.25. The number of hydrogen-bond acceptors (Lipinski definition) is 1. The molecule has 0 atom stereocenters. The number of para-hydroxylation sites is 1. The van der Waals surface area contributed by atoms with Gasteiger partial charge in [0, 0.05) is 24.8 Å². The van der Waals surface area contributed by atoms with Gasteiger partial charge in [-0.3, -0.25) is 4.79 Å². The Morgan fingerprint density at radius 3 is 3.00 bits per heavy atom. The van der Waals surface area contributed by atoms with Gasteiger partial charge in [-0.2, -0.15) is 0 Å². The highest BCUT2D eigenvalue weighted by Gasteiger charge is 1.99. The van der Waals surface area contributed by atoms with E-state index in [4.69, 9.17) is 0 Å². The summed E-state index contributed by atoms with van der Waals surface area (Å²) in [5.74, 6) is -0.0380. The van der Waals surface area contributed by atoms with Crippen LogP contribution in [0.3, 0.4) is 0 Å². The fourth-order valence-electron chi connectivity index (χ4n) is 1.85. The Bertz CT molecular complexity index is 540. The molecule has 3 nitrogen and oxygen atoms in total. The van der Waals surface area contributed by atoms with E-state index >= 15 is 0 Å². The highest BCUT2D eigenvalue weighted by molar-refractivity contribution is 5.87. The van der Waals surface area contributed by atoms with Crippen LogP contribution in [-0.2, 0) is 11.3 Å². The van der Waals surface area contributed by atoms with Crippen molar-refractivity contribution in [2.24, 2.45) is 0 Å². The zero-order valence-corrected chi connectivity index (χ0v) is 9.89. The van der Waals surface area contributed by atoms with Gasteiger partial charge in [-0.25, -0.2) is 0 Å². The third-order valence-electron chi connectivity index (χ3n) is 2.65. The molecule has 0 aliphatic rings. The molecule has 88 valence electrons. The standard InChI is InChI=1S/C14H16N2O/c1-2-5-14(17)15-9-11-16-10-8-12-6-3-4-7-13(12)16/h2-8,10H,9,11H2,1H3,(H,15,17)/b5-2+. The predicted octanol–water partition coefficient (Wildman–Crippen LogP) is 2.33. The van der Waals surface area contributed by atoms with Crippen LogP contribution in [0.15, 0.2) is 48.7 Å². The number of nitrogens with zero attached hydrogens (tertiary/aromatic N) is 1. The second-order valence-electron chi connectivity index (χ2n) is 3.86. The summed E-state index contributed by atoms with van der Waals surface area (Å²) < 4.78 is 2.14. The lowest BCUT2D eigenvalue weighted by atomic mass is 10.2. The van der Waals surface area contributed by atoms with E-state index in [0.717, 1.165) is 6.54 Å². The van der Waals surface area contributed by atoms with Crippen LogP contribution in [0.2, 0.25) is 0 Å². The van der Waals surface area contributed by atoms with Gasteiger partial charge >= 0.3 is 0 Å². The maximum Gasteiger partial charge on any atom is 0.243 e. The molecule has 0 aliphatic heterocycles. The average Bonchev–Trinajstić information content (AvgIpc) is 2.73. The molecule has 1 amide bonds. The van der Waals surface area contributed by atoms with E-state index in [1.54, 1.807) is 6.08 Å². The molecule has 0 aliphatic carbocycles. The van der Waals surface area contributed by atoms with Gasteiger partial charge in [-0.1, -0.05) is 24.3 Å². The summed E-state index contributed by atoms with van der Waals surface area (Å²) in [5.41, 5.74) is 1.20. The molecule has 0 unspecified atom stereocenters. The van der Waals surface area contributed by atoms with Crippen LogP contribution in [-0.4, -0.2) is 17.0 Å². The first kappa shape index (κ1) is 11.5. The number of carbonyl (C=O) groups excluding carboxylic acids is 1. The van der Waals surface area contributed by atoms with Gasteiger partial charge in [0.15, 0.2) is 0 Å². The summed E-state index contributed by atoms with van der Waals surface area (Å²) in [7, 11) is 0. The number of amides is 1. The van der Waals surface area contributed by atoms with Gasteiger partial charge in [-0.15, -0.1) is 0 Å². The van der Waals surface area contributed by atoms with Gasteiger partial charge < -0.3 is 9.88 Å². The van der Waals surface area contributed by atoms with Crippen LogP contribution in [0.5, 0.6) is 0 Å². The van der Waals surface area contributed by atoms with Crippen molar-refractivity contribution in [1.29, 1.82) is 0 Å². The molecule has 3 heteroatoms. The number of rotatable bonds is 4. The zero-order chi connectivity index (χ0) is 12.1. The van der Waals surface area contributed by atoms with Crippen LogP contribution in [0, 0.1) is 0 Å². The van der Waals surface area contributed by atoms with Crippen molar-refractivity contribution in [3.05, 3.63) is 48.7 Å². The molecule has 1 aromatic carbocycles. The fourth-order valence-corrected chi connectivity index (χ4v) is 1.85. The van der Waals surface area contributed by atoms with Crippen LogP contribution >= 0.6 is 0 Å². The number of carbonyl (C=O) groups is 1. The van der Waals surface area contributed by atoms with E-state index in [9.17, 15) is 4.79 Å². The predicted molar refractivity (Wildman–Crippen MR) is 69.8 cm³/mol. The van der Waals surface area contributed by atoms with Gasteiger partial charge in [0.05, 0.1) is 0 Å². The number of benzene rings is 1. The molecule has 0 saturated carbocycles. The van der Waals surface area contributed by atoms with E-state index in [0.29, 0.717) is 6.54 Å². The van der Waals surface area contributed by atoms with Crippen LogP contribution < -0.4 is 5.32 Å². The minimum atomic E-state index is -0.0380. The second-order valence-corrected chi connectivity index (χ2v) is 3.86. The Morgan fingerprint density at radius 2 is 2.18 bits per heavy atom. The first-order valence-corrected chi connectivity index (χ1v) is 5.75. The van der Waals surface area contributed by atoms with Crippen LogP contribution in [0.4, 0.5) is 0 Å². The largest absolute Gasteiger partial charge is 0.351 e. The Hall–Kier alpha value is -2.03. The number of fused-ring (bicyclic) bond motifs is 1. The van der Waals surface area contributed by atoms with Crippen LogP contribution in [0.25, 0.3) is 10.9 Å². The number of allylic oxidation sites excluding steroid dienone is 1. The van der Waals surface area contributed by atoms with Crippen molar-refractivity contribution in [3.8, 4) is 0 Å². The van der Waals surface area contributed by atoms with E-state index in [-0.39, 0.29) is 5.91 Å².